The molecule has 0 saturated carbocycles. The Morgan fingerprint density at radius 3 is 2.52 bits per heavy atom. The average molecular weight is 318 g/mol. The molecule has 3 aliphatic heterocycles. The molecule has 3 fully saturated rings. The molecule has 4 rings (SSSR count). The van der Waals surface area contributed by atoms with Crippen molar-refractivity contribution in [1.29, 1.82) is 0 Å². The summed E-state index contributed by atoms with van der Waals surface area (Å²) in [5.74, 6) is 1.13. The lowest BCUT2D eigenvalue weighted by Crippen LogP contribution is -2.55. The molecule has 1 aromatic carbocycles. The molecule has 0 radical (unpaired) electrons. The van der Waals surface area contributed by atoms with Gasteiger partial charge in [-0.15, -0.1) is 0 Å². The summed E-state index contributed by atoms with van der Waals surface area (Å²) < 4.78 is 13.2. The maximum Gasteiger partial charge on any atom is 0.221 e. The lowest BCUT2D eigenvalue weighted by molar-refractivity contribution is -0.127. The van der Waals surface area contributed by atoms with Crippen molar-refractivity contribution in [3.8, 4) is 0 Å². The number of halogens is 1. The first-order chi connectivity index (χ1) is 11.2. The number of carbonyl (C=O) groups excluding carboxylic acids is 1. The van der Waals surface area contributed by atoms with Gasteiger partial charge in [0.25, 0.3) is 0 Å². The zero-order valence-corrected chi connectivity index (χ0v) is 13.0. The van der Waals surface area contributed by atoms with E-state index < -0.39 is 0 Å². The zero-order chi connectivity index (χ0) is 15.8. The summed E-state index contributed by atoms with van der Waals surface area (Å²) in [5.41, 5.74) is 7.62. The van der Waals surface area contributed by atoms with Crippen molar-refractivity contribution < 1.29 is 9.18 Å². The second-order valence-electron chi connectivity index (χ2n) is 6.90. The van der Waals surface area contributed by atoms with E-state index in [1.807, 2.05) is 12.1 Å². The Balaban J connectivity index is 1.61. The van der Waals surface area contributed by atoms with E-state index in [1.165, 1.54) is 12.1 Å². The molecule has 5 nitrogen and oxygen atoms in total. The molecule has 0 aliphatic carbocycles. The van der Waals surface area contributed by atoms with Crippen molar-refractivity contribution in [3.05, 3.63) is 35.6 Å². The van der Waals surface area contributed by atoms with E-state index in [4.69, 9.17) is 0 Å². The third-order valence-corrected chi connectivity index (χ3v) is 5.61. The molecule has 3 heterocycles. The summed E-state index contributed by atoms with van der Waals surface area (Å²) in [6.45, 7) is 2.06. The van der Waals surface area contributed by atoms with Crippen LogP contribution in [0.5, 0.6) is 0 Å². The lowest BCUT2D eigenvalue weighted by atomic mass is 9.69. The van der Waals surface area contributed by atoms with Crippen molar-refractivity contribution in [3.63, 3.8) is 0 Å². The Labute approximate surface area is 135 Å². The highest BCUT2D eigenvalue weighted by molar-refractivity contribution is 5.77. The average Bonchev–Trinajstić information content (AvgIpc) is 2.99. The molecular formula is C17H23FN4O. The fourth-order valence-electron chi connectivity index (χ4n) is 4.50. The molecule has 0 spiro atoms. The Kier molecular flexibility index (Phi) is 4.05. The van der Waals surface area contributed by atoms with E-state index in [0.717, 1.165) is 31.5 Å². The van der Waals surface area contributed by atoms with Crippen LogP contribution in [0.25, 0.3) is 0 Å². The largest absolute Gasteiger partial charge is 0.339 e. The van der Waals surface area contributed by atoms with Crippen molar-refractivity contribution in [2.75, 3.05) is 13.1 Å². The van der Waals surface area contributed by atoms with E-state index in [9.17, 15) is 9.18 Å². The zero-order valence-electron chi connectivity index (χ0n) is 13.0. The van der Waals surface area contributed by atoms with E-state index >= 15 is 0 Å². The summed E-state index contributed by atoms with van der Waals surface area (Å²) in [5, 5.41) is 6.46. The van der Waals surface area contributed by atoms with Crippen LogP contribution in [0.4, 0.5) is 4.39 Å². The molecule has 1 amide bonds. The Morgan fingerprint density at radius 1 is 1.04 bits per heavy atom. The summed E-state index contributed by atoms with van der Waals surface area (Å²) >= 11 is 0. The molecule has 23 heavy (non-hydrogen) atoms. The van der Waals surface area contributed by atoms with Crippen LogP contribution < -0.4 is 21.5 Å². The highest BCUT2D eigenvalue weighted by atomic mass is 19.1. The van der Waals surface area contributed by atoms with Gasteiger partial charge in [-0.05, 0) is 55.5 Å². The summed E-state index contributed by atoms with van der Waals surface area (Å²) in [7, 11) is 0. The number of hydrazine groups is 1. The van der Waals surface area contributed by atoms with Crippen LogP contribution in [0.1, 0.15) is 30.9 Å². The minimum absolute atomic E-state index is 0.0498. The van der Waals surface area contributed by atoms with Crippen molar-refractivity contribution >= 4 is 5.91 Å². The molecule has 0 bridgehead atoms. The second kappa shape index (κ2) is 6.19. The number of fused-ring (bicyclic) bond motifs is 1. The highest BCUT2D eigenvalue weighted by Crippen LogP contribution is 2.43. The van der Waals surface area contributed by atoms with Crippen LogP contribution in [0, 0.1) is 23.6 Å². The fraction of sp³-hybridized carbons (Fsp3) is 0.588. The van der Waals surface area contributed by atoms with Gasteiger partial charge in [0.1, 0.15) is 5.82 Å². The maximum atomic E-state index is 13.2. The normalized spacial score (nSPS) is 34.9. The molecule has 4 N–H and O–H groups in total. The Morgan fingerprint density at radius 2 is 1.78 bits per heavy atom. The first kappa shape index (κ1) is 15.1. The van der Waals surface area contributed by atoms with E-state index in [2.05, 4.69) is 21.5 Å². The number of carbonyl (C=O) groups is 1. The van der Waals surface area contributed by atoms with Crippen molar-refractivity contribution in [1.82, 2.24) is 21.5 Å². The van der Waals surface area contributed by atoms with Gasteiger partial charge in [0.2, 0.25) is 5.91 Å². The first-order valence-corrected chi connectivity index (χ1v) is 8.49. The third-order valence-electron chi connectivity index (χ3n) is 5.61. The second-order valence-corrected chi connectivity index (χ2v) is 6.90. The summed E-state index contributed by atoms with van der Waals surface area (Å²) in [6, 6.07) is 6.79. The van der Waals surface area contributed by atoms with Crippen LogP contribution in [0.15, 0.2) is 24.3 Å². The van der Waals surface area contributed by atoms with Gasteiger partial charge in [0.15, 0.2) is 0 Å². The lowest BCUT2D eigenvalue weighted by Gasteiger charge is -2.41. The van der Waals surface area contributed by atoms with Gasteiger partial charge in [-0.3, -0.25) is 4.79 Å². The number of rotatable bonds is 2. The number of nitrogens with one attached hydrogen (secondary N) is 4. The number of amides is 1. The van der Waals surface area contributed by atoms with Gasteiger partial charge < -0.3 is 10.6 Å². The smallest absolute Gasteiger partial charge is 0.221 e. The van der Waals surface area contributed by atoms with Crippen LogP contribution in [0.3, 0.4) is 0 Å². The van der Waals surface area contributed by atoms with Gasteiger partial charge in [-0.1, -0.05) is 12.1 Å². The SMILES string of the molecule is O=C1CC(C2CCNCC2)C2C(NNC2c2ccc(F)cc2)N1. The minimum atomic E-state index is -0.219. The van der Waals surface area contributed by atoms with Crippen molar-refractivity contribution in [2.45, 2.75) is 31.5 Å². The predicted octanol–water partition coefficient (Wildman–Crippen LogP) is 1.05. The van der Waals surface area contributed by atoms with Gasteiger partial charge in [-0.25, -0.2) is 15.2 Å². The quantitative estimate of drug-likeness (QED) is 0.658. The van der Waals surface area contributed by atoms with Crippen LogP contribution in [-0.4, -0.2) is 25.2 Å². The fourth-order valence-corrected chi connectivity index (χ4v) is 4.50. The van der Waals surface area contributed by atoms with Gasteiger partial charge in [0.05, 0.1) is 12.2 Å². The predicted molar refractivity (Wildman–Crippen MR) is 84.5 cm³/mol. The monoisotopic (exact) mass is 318 g/mol. The number of hydrogen-bond donors (Lipinski definition) is 4. The molecule has 4 atom stereocenters. The minimum Gasteiger partial charge on any atom is -0.339 e. The number of benzene rings is 1. The maximum absolute atomic E-state index is 13.2. The summed E-state index contributed by atoms with van der Waals surface area (Å²) in [6.07, 6.45) is 2.78. The molecule has 3 saturated heterocycles. The Hall–Kier alpha value is -1.50. The van der Waals surface area contributed by atoms with Gasteiger partial charge >= 0.3 is 0 Å². The van der Waals surface area contributed by atoms with E-state index in [0.29, 0.717) is 24.2 Å². The number of piperidine rings is 2. The number of hydrogen-bond acceptors (Lipinski definition) is 4. The van der Waals surface area contributed by atoms with Crippen LogP contribution in [0.2, 0.25) is 0 Å². The molecule has 3 aliphatic rings. The van der Waals surface area contributed by atoms with E-state index in [-0.39, 0.29) is 23.9 Å². The topological polar surface area (TPSA) is 65.2 Å². The van der Waals surface area contributed by atoms with Gasteiger partial charge in [0, 0.05) is 12.3 Å². The Bertz CT molecular complexity index is 572. The van der Waals surface area contributed by atoms with E-state index in [1.54, 1.807) is 0 Å². The standard InChI is InChI=1S/C17H23FN4O/c18-12-3-1-11(2-4-12)16-15-13(10-5-7-19-8-6-10)9-14(23)20-17(15)22-21-16/h1-4,10,13,15-17,19,21-22H,5-9H2,(H,20,23). The molecule has 1 aromatic rings. The summed E-state index contributed by atoms with van der Waals surface area (Å²) in [4.78, 5) is 12.1. The first-order valence-electron chi connectivity index (χ1n) is 8.49. The van der Waals surface area contributed by atoms with Crippen LogP contribution >= 0.6 is 0 Å². The molecule has 0 aromatic heterocycles. The molecule has 6 heteroatoms. The molecule has 4 unspecified atom stereocenters. The molecular weight excluding hydrogens is 295 g/mol. The molecule has 124 valence electrons. The highest BCUT2D eigenvalue weighted by Gasteiger charge is 2.48. The van der Waals surface area contributed by atoms with Crippen molar-refractivity contribution in [2.24, 2.45) is 17.8 Å². The third kappa shape index (κ3) is 2.86. The van der Waals surface area contributed by atoms with Gasteiger partial charge in [-0.2, -0.15) is 0 Å². The van der Waals surface area contributed by atoms with Crippen LogP contribution in [-0.2, 0) is 4.79 Å².